The van der Waals surface area contributed by atoms with E-state index in [9.17, 15) is 0 Å². The molecule has 2 heteroatoms. The molecule has 0 saturated heterocycles. The Morgan fingerprint density at radius 1 is 0.731 bits per heavy atom. The van der Waals surface area contributed by atoms with Crippen molar-refractivity contribution < 1.29 is 31.0 Å². The molecule has 2 unspecified atom stereocenters. The van der Waals surface area contributed by atoms with Gasteiger partial charge in [0.25, 0.3) is 0 Å². The van der Waals surface area contributed by atoms with Gasteiger partial charge >= 0.3 is 29.6 Å². The van der Waals surface area contributed by atoms with E-state index in [-0.39, 0.29) is 31.0 Å². The SMILES string of the molecule is CCC[Si](CCC)(C1C=Cc2ccccc21)C1C=Cc2ccccc21.[H-].[Na+]. The Kier molecular flexibility index (Phi) is 6.45. The largest absolute Gasteiger partial charge is 1.00 e. The van der Waals surface area contributed by atoms with Gasteiger partial charge in [-0.1, -0.05) is 112 Å². The fourth-order valence-electron chi connectivity index (χ4n) is 5.37. The molecule has 0 spiro atoms. The summed E-state index contributed by atoms with van der Waals surface area (Å²) in [5.74, 6) is 0. The molecule has 2 aromatic rings. The Bertz CT molecular complexity index is 757. The zero-order chi connectivity index (χ0) is 17.3. The molecule has 0 amide bonds. The number of benzene rings is 2. The van der Waals surface area contributed by atoms with Gasteiger partial charge in [-0.2, -0.15) is 0 Å². The average Bonchev–Trinajstić information content (AvgIpc) is 3.26. The smallest absolute Gasteiger partial charge is 1.00 e. The van der Waals surface area contributed by atoms with Crippen LogP contribution in [0.25, 0.3) is 12.2 Å². The Morgan fingerprint density at radius 3 is 1.58 bits per heavy atom. The normalized spacial score (nSPS) is 19.9. The molecule has 4 rings (SSSR count). The summed E-state index contributed by atoms with van der Waals surface area (Å²) in [7, 11) is -1.61. The molecule has 2 aliphatic rings. The zero-order valence-electron chi connectivity index (χ0n) is 17.4. The van der Waals surface area contributed by atoms with Crippen LogP contribution in [-0.4, -0.2) is 8.07 Å². The van der Waals surface area contributed by atoms with Crippen molar-refractivity contribution in [2.45, 2.75) is 49.9 Å². The maximum Gasteiger partial charge on any atom is 1.00 e. The molecule has 0 aliphatic heterocycles. The second-order valence-corrected chi connectivity index (χ2v) is 12.4. The number of hydrogen-bond acceptors (Lipinski definition) is 0. The van der Waals surface area contributed by atoms with Gasteiger partial charge in [-0.25, -0.2) is 0 Å². The van der Waals surface area contributed by atoms with E-state index in [1.165, 1.54) is 36.1 Å². The predicted octanol–water partition coefficient (Wildman–Crippen LogP) is 4.07. The van der Waals surface area contributed by atoms with Crippen molar-refractivity contribution in [1.29, 1.82) is 0 Å². The topological polar surface area (TPSA) is 0 Å². The van der Waals surface area contributed by atoms with Gasteiger partial charge in [-0.3, -0.25) is 0 Å². The maximum atomic E-state index is 2.55. The molecule has 2 aromatic carbocycles. The van der Waals surface area contributed by atoms with E-state index in [0.717, 1.165) is 0 Å². The summed E-state index contributed by atoms with van der Waals surface area (Å²) in [4.78, 5) is 0. The molecule has 0 aromatic heterocycles. The second kappa shape index (κ2) is 8.44. The van der Waals surface area contributed by atoms with Crippen LogP contribution in [0.5, 0.6) is 0 Å². The van der Waals surface area contributed by atoms with E-state index in [2.05, 4.69) is 86.7 Å². The molecule has 2 aliphatic carbocycles. The van der Waals surface area contributed by atoms with Crippen molar-refractivity contribution in [3.05, 3.63) is 82.9 Å². The summed E-state index contributed by atoms with van der Waals surface area (Å²) in [5, 5.41) is 0. The van der Waals surface area contributed by atoms with Gasteiger partial charge in [0, 0.05) is 0 Å². The monoisotopic (exact) mass is 368 g/mol. The Balaban J connectivity index is 0.00000131. The van der Waals surface area contributed by atoms with E-state index >= 15 is 0 Å². The van der Waals surface area contributed by atoms with Gasteiger partial charge in [0.05, 0.1) is 8.07 Å². The molecular formula is C24H29NaSi. The van der Waals surface area contributed by atoms with Gasteiger partial charge in [0.2, 0.25) is 0 Å². The fourth-order valence-corrected chi connectivity index (χ4v) is 11.8. The first kappa shape index (κ1) is 19.9. The van der Waals surface area contributed by atoms with Gasteiger partial charge in [0.15, 0.2) is 0 Å². The average molecular weight is 369 g/mol. The summed E-state index contributed by atoms with van der Waals surface area (Å²) in [6.45, 7) is 4.76. The summed E-state index contributed by atoms with van der Waals surface area (Å²) in [6, 6.07) is 21.0. The number of rotatable bonds is 6. The molecular weight excluding hydrogens is 339 g/mol. The van der Waals surface area contributed by atoms with Crippen LogP contribution in [0.1, 0.15) is 61.5 Å². The van der Waals surface area contributed by atoms with Crippen LogP contribution in [0.2, 0.25) is 12.1 Å². The second-order valence-electron chi connectivity index (χ2n) is 7.66. The Hall–Kier alpha value is -0.863. The summed E-state index contributed by atoms with van der Waals surface area (Å²) in [5.41, 5.74) is 7.40. The van der Waals surface area contributed by atoms with E-state index in [4.69, 9.17) is 0 Å². The van der Waals surface area contributed by atoms with Crippen molar-refractivity contribution >= 4 is 20.2 Å². The number of allylic oxidation sites excluding steroid dienone is 2. The summed E-state index contributed by atoms with van der Waals surface area (Å²) in [6.07, 6.45) is 12.5. The van der Waals surface area contributed by atoms with Crippen LogP contribution in [0, 0.1) is 0 Å². The minimum Gasteiger partial charge on any atom is -1.00 e. The molecule has 0 nitrogen and oxygen atoms in total. The zero-order valence-corrected chi connectivity index (χ0v) is 19.4. The van der Waals surface area contributed by atoms with Gasteiger partial charge in [-0.05, 0) is 33.3 Å². The molecule has 26 heavy (non-hydrogen) atoms. The standard InChI is InChI=1S/C24H28Si.Na.H/c1-3-17-25(18-4-2,23-15-13-19-9-5-7-11-21(19)23)24-16-14-20-10-6-8-12-22(20)24;;/h5-16,23-24H,3-4,17-18H2,1-2H3;;/q;+1;-1. The molecule has 0 heterocycles. The molecule has 130 valence electrons. The molecule has 0 radical (unpaired) electrons. The van der Waals surface area contributed by atoms with Crippen molar-refractivity contribution in [1.82, 2.24) is 0 Å². The van der Waals surface area contributed by atoms with Crippen molar-refractivity contribution in [2.24, 2.45) is 0 Å². The van der Waals surface area contributed by atoms with Crippen LogP contribution in [0.3, 0.4) is 0 Å². The van der Waals surface area contributed by atoms with Crippen LogP contribution < -0.4 is 29.6 Å². The van der Waals surface area contributed by atoms with Crippen LogP contribution in [0.15, 0.2) is 60.7 Å². The molecule has 0 fully saturated rings. The molecule has 0 bridgehead atoms. The minimum atomic E-state index is -1.61. The first-order valence-corrected chi connectivity index (χ1v) is 12.4. The van der Waals surface area contributed by atoms with Crippen molar-refractivity contribution in [2.75, 3.05) is 0 Å². The third-order valence-corrected chi connectivity index (χ3v) is 12.6. The van der Waals surface area contributed by atoms with E-state index in [1.54, 1.807) is 11.1 Å². The minimum absolute atomic E-state index is 0. The first-order valence-electron chi connectivity index (χ1n) is 9.84. The number of hydrogen-bond donors (Lipinski definition) is 0. The van der Waals surface area contributed by atoms with E-state index in [0.29, 0.717) is 11.1 Å². The van der Waals surface area contributed by atoms with Gasteiger partial charge in [0.1, 0.15) is 0 Å². The van der Waals surface area contributed by atoms with Gasteiger partial charge in [-0.15, -0.1) is 0 Å². The quantitative estimate of drug-likeness (QED) is 0.674. The molecule has 0 saturated carbocycles. The number of fused-ring (bicyclic) bond motifs is 2. The maximum absolute atomic E-state index is 2.55. The van der Waals surface area contributed by atoms with Crippen LogP contribution in [0.4, 0.5) is 0 Å². The van der Waals surface area contributed by atoms with Crippen LogP contribution in [-0.2, 0) is 0 Å². The van der Waals surface area contributed by atoms with Crippen LogP contribution >= 0.6 is 0 Å². The Morgan fingerprint density at radius 2 is 1.15 bits per heavy atom. The third-order valence-electron chi connectivity index (χ3n) is 6.27. The first-order chi connectivity index (χ1) is 12.3. The van der Waals surface area contributed by atoms with E-state index in [1.807, 2.05) is 0 Å². The summed E-state index contributed by atoms with van der Waals surface area (Å²) < 4.78 is 0. The summed E-state index contributed by atoms with van der Waals surface area (Å²) >= 11 is 0. The van der Waals surface area contributed by atoms with E-state index < -0.39 is 8.07 Å². The van der Waals surface area contributed by atoms with Crippen molar-refractivity contribution in [3.8, 4) is 0 Å². The van der Waals surface area contributed by atoms with Gasteiger partial charge < -0.3 is 1.43 Å². The van der Waals surface area contributed by atoms with Crippen molar-refractivity contribution in [3.63, 3.8) is 0 Å². The molecule has 2 atom stereocenters. The predicted molar refractivity (Wildman–Crippen MR) is 113 cm³/mol. The fraction of sp³-hybridized carbons (Fsp3) is 0.333. The third kappa shape index (κ3) is 3.24. The Labute approximate surface area is 183 Å². The molecule has 0 N–H and O–H groups in total.